The second-order valence-electron chi connectivity index (χ2n) is 4.62. The van der Waals surface area contributed by atoms with Gasteiger partial charge in [0.2, 0.25) is 10.0 Å². The summed E-state index contributed by atoms with van der Waals surface area (Å²) in [6.45, 7) is 0.174. The number of carboxylic acids is 1. The molecule has 1 aromatic carbocycles. The van der Waals surface area contributed by atoms with Crippen LogP contribution in [0.25, 0.3) is 0 Å². The van der Waals surface area contributed by atoms with Crippen LogP contribution in [0, 0.1) is 11.7 Å². The normalized spacial score (nSPS) is 20.8. The van der Waals surface area contributed by atoms with Crippen molar-refractivity contribution in [2.75, 3.05) is 13.1 Å². The first-order valence-electron chi connectivity index (χ1n) is 6.00. The summed E-state index contributed by atoms with van der Waals surface area (Å²) < 4.78 is 38.9. The first kappa shape index (κ1) is 15.2. The highest BCUT2D eigenvalue weighted by molar-refractivity contribution is 7.89. The number of hydrogen-bond acceptors (Lipinski definition) is 3. The third kappa shape index (κ3) is 2.94. The Morgan fingerprint density at radius 1 is 1.45 bits per heavy atom. The lowest BCUT2D eigenvalue weighted by Crippen LogP contribution is -2.42. The van der Waals surface area contributed by atoms with Gasteiger partial charge in [-0.15, -0.1) is 0 Å². The molecule has 1 saturated heterocycles. The van der Waals surface area contributed by atoms with E-state index >= 15 is 0 Å². The highest BCUT2D eigenvalue weighted by Gasteiger charge is 2.33. The van der Waals surface area contributed by atoms with E-state index in [1.807, 2.05) is 0 Å². The van der Waals surface area contributed by atoms with Crippen molar-refractivity contribution in [2.24, 2.45) is 5.92 Å². The molecule has 5 nitrogen and oxygen atoms in total. The molecule has 1 atom stereocenters. The van der Waals surface area contributed by atoms with Gasteiger partial charge in [-0.2, -0.15) is 4.31 Å². The Morgan fingerprint density at radius 3 is 2.75 bits per heavy atom. The fraction of sp³-hybridized carbons (Fsp3) is 0.417. The third-order valence-corrected chi connectivity index (χ3v) is 5.41. The van der Waals surface area contributed by atoms with Gasteiger partial charge in [0.1, 0.15) is 5.82 Å². The van der Waals surface area contributed by atoms with E-state index in [0.29, 0.717) is 12.8 Å². The summed E-state index contributed by atoms with van der Waals surface area (Å²) in [7, 11) is -3.85. The Morgan fingerprint density at radius 2 is 2.15 bits per heavy atom. The van der Waals surface area contributed by atoms with Crippen LogP contribution in [-0.4, -0.2) is 36.9 Å². The summed E-state index contributed by atoms with van der Waals surface area (Å²) in [5.74, 6) is -2.43. The molecule has 8 heteroatoms. The van der Waals surface area contributed by atoms with E-state index in [0.717, 1.165) is 22.5 Å². The van der Waals surface area contributed by atoms with Crippen molar-refractivity contribution in [3.63, 3.8) is 0 Å². The Hall–Kier alpha value is -1.18. The topological polar surface area (TPSA) is 74.7 Å². The molecule has 0 aliphatic carbocycles. The number of rotatable bonds is 3. The van der Waals surface area contributed by atoms with E-state index < -0.39 is 27.7 Å². The monoisotopic (exact) mass is 321 g/mol. The minimum atomic E-state index is -3.85. The van der Waals surface area contributed by atoms with Crippen LogP contribution < -0.4 is 0 Å². The number of hydrogen-bond donors (Lipinski definition) is 1. The second kappa shape index (κ2) is 5.67. The maximum absolute atomic E-state index is 13.1. The minimum Gasteiger partial charge on any atom is -0.481 e. The van der Waals surface area contributed by atoms with E-state index in [4.69, 9.17) is 16.7 Å². The zero-order valence-corrected chi connectivity index (χ0v) is 12.0. The van der Waals surface area contributed by atoms with Gasteiger partial charge in [0, 0.05) is 13.1 Å². The number of carbonyl (C=O) groups is 1. The van der Waals surface area contributed by atoms with E-state index in [1.54, 1.807) is 0 Å². The van der Waals surface area contributed by atoms with Crippen molar-refractivity contribution >= 4 is 27.6 Å². The highest BCUT2D eigenvalue weighted by atomic mass is 35.5. The number of halogens is 2. The van der Waals surface area contributed by atoms with Crippen LogP contribution in [0.2, 0.25) is 5.02 Å². The smallest absolute Gasteiger partial charge is 0.307 e. The van der Waals surface area contributed by atoms with Crippen molar-refractivity contribution in [3.05, 3.63) is 29.0 Å². The third-order valence-electron chi connectivity index (χ3n) is 3.26. The molecular formula is C12H13ClFNO4S. The summed E-state index contributed by atoms with van der Waals surface area (Å²) in [6, 6.07) is 3.14. The standard InChI is InChI=1S/C12H13ClFNO4S/c13-10-6-9(3-4-11(10)14)20(18,19)15-5-1-2-8(7-15)12(16)17/h3-4,6,8H,1-2,5,7H2,(H,16,17). The molecule has 1 aliphatic heterocycles. The van der Waals surface area contributed by atoms with Gasteiger partial charge in [-0.1, -0.05) is 11.6 Å². The lowest BCUT2D eigenvalue weighted by molar-refractivity contribution is -0.142. The lowest BCUT2D eigenvalue weighted by Gasteiger charge is -2.29. The molecule has 2 rings (SSSR count). The van der Waals surface area contributed by atoms with E-state index in [2.05, 4.69) is 0 Å². The van der Waals surface area contributed by atoms with Crippen molar-refractivity contribution < 1.29 is 22.7 Å². The molecule has 0 radical (unpaired) electrons. The predicted octanol–water partition coefficient (Wildman–Crippen LogP) is 1.96. The van der Waals surface area contributed by atoms with Gasteiger partial charge >= 0.3 is 5.97 Å². The number of aliphatic carboxylic acids is 1. The maximum Gasteiger partial charge on any atom is 0.307 e. The highest BCUT2D eigenvalue weighted by Crippen LogP contribution is 2.26. The molecule has 0 saturated carbocycles. The number of sulfonamides is 1. The summed E-state index contributed by atoms with van der Waals surface area (Å²) in [6.07, 6.45) is 0.927. The molecule has 110 valence electrons. The van der Waals surface area contributed by atoms with Crippen molar-refractivity contribution in [1.29, 1.82) is 0 Å². The molecule has 1 fully saturated rings. The number of nitrogens with zero attached hydrogens (tertiary/aromatic N) is 1. The first-order chi connectivity index (χ1) is 9.32. The van der Waals surface area contributed by atoms with Crippen LogP contribution in [0.1, 0.15) is 12.8 Å². The minimum absolute atomic E-state index is 0.0767. The van der Waals surface area contributed by atoms with Crippen LogP contribution >= 0.6 is 11.6 Å². The molecule has 1 heterocycles. The Bertz CT molecular complexity index is 634. The predicted molar refractivity (Wildman–Crippen MR) is 70.5 cm³/mol. The van der Waals surface area contributed by atoms with Gasteiger partial charge in [-0.25, -0.2) is 12.8 Å². The molecule has 1 aromatic rings. The van der Waals surface area contributed by atoms with Crippen LogP contribution in [0.3, 0.4) is 0 Å². The average molecular weight is 322 g/mol. The van der Waals surface area contributed by atoms with E-state index in [1.165, 1.54) is 0 Å². The largest absolute Gasteiger partial charge is 0.481 e. The fourth-order valence-electron chi connectivity index (χ4n) is 2.15. The maximum atomic E-state index is 13.1. The van der Waals surface area contributed by atoms with Crippen LogP contribution in [-0.2, 0) is 14.8 Å². The van der Waals surface area contributed by atoms with Gasteiger partial charge in [-0.3, -0.25) is 4.79 Å². The zero-order valence-electron chi connectivity index (χ0n) is 10.4. The zero-order chi connectivity index (χ0) is 14.9. The van der Waals surface area contributed by atoms with Gasteiger partial charge in [0.15, 0.2) is 0 Å². The Labute approximate surface area is 121 Å². The molecule has 0 aromatic heterocycles. The first-order valence-corrected chi connectivity index (χ1v) is 7.82. The summed E-state index contributed by atoms with van der Waals surface area (Å²) in [5, 5.41) is 8.70. The Kier molecular flexibility index (Phi) is 4.31. The quantitative estimate of drug-likeness (QED) is 0.923. The molecule has 1 unspecified atom stereocenters. The summed E-state index contributed by atoms with van der Waals surface area (Å²) >= 11 is 5.59. The fourth-order valence-corrected chi connectivity index (χ4v) is 3.94. The molecular weight excluding hydrogens is 309 g/mol. The average Bonchev–Trinajstić information content (AvgIpc) is 2.42. The number of piperidine rings is 1. The van der Waals surface area contributed by atoms with Gasteiger partial charge in [0.05, 0.1) is 15.8 Å². The van der Waals surface area contributed by atoms with Crippen molar-refractivity contribution in [2.45, 2.75) is 17.7 Å². The Balaban J connectivity index is 2.29. The molecule has 1 aliphatic rings. The number of carboxylic acid groups (broad SMARTS) is 1. The summed E-state index contributed by atoms with van der Waals surface area (Å²) in [5.41, 5.74) is 0. The number of benzene rings is 1. The van der Waals surface area contributed by atoms with Crippen LogP contribution in [0.5, 0.6) is 0 Å². The van der Waals surface area contributed by atoms with Gasteiger partial charge in [-0.05, 0) is 31.0 Å². The van der Waals surface area contributed by atoms with Crippen LogP contribution in [0.4, 0.5) is 4.39 Å². The molecule has 0 bridgehead atoms. The SMILES string of the molecule is O=C(O)C1CCCN(S(=O)(=O)c2ccc(F)c(Cl)c2)C1. The molecule has 0 amide bonds. The van der Waals surface area contributed by atoms with Gasteiger partial charge < -0.3 is 5.11 Å². The van der Waals surface area contributed by atoms with Gasteiger partial charge in [0.25, 0.3) is 0 Å². The molecule has 1 N–H and O–H groups in total. The van der Waals surface area contributed by atoms with Crippen molar-refractivity contribution in [1.82, 2.24) is 4.31 Å². The van der Waals surface area contributed by atoms with Crippen molar-refractivity contribution in [3.8, 4) is 0 Å². The summed E-state index contributed by atoms with van der Waals surface area (Å²) in [4.78, 5) is 10.8. The lowest BCUT2D eigenvalue weighted by atomic mass is 10.0. The molecule has 20 heavy (non-hydrogen) atoms. The van der Waals surface area contributed by atoms with E-state index in [-0.39, 0.29) is 23.0 Å². The molecule has 0 spiro atoms. The van der Waals surface area contributed by atoms with Crippen LogP contribution in [0.15, 0.2) is 23.1 Å². The second-order valence-corrected chi connectivity index (χ2v) is 6.96. The van der Waals surface area contributed by atoms with E-state index in [9.17, 15) is 17.6 Å².